The molecule has 0 aliphatic rings. The summed E-state index contributed by atoms with van der Waals surface area (Å²) in [4.78, 5) is 21.5. The van der Waals surface area contributed by atoms with Crippen molar-refractivity contribution in [1.82, 2.24) is 10.6 Å². The smallest absolute Gasteiger partial charge is 0.407 e. The Bertz CT molecular complexity index is 484. The third-order valence-corrected chi connectivity index (χ3v) is 3.55. The molecule has 0 saturated carbocycles. The summed E-state index contributed by atoms with van der Waals surface area (Å²) in [5.74, 6) is 9.24. The van der Waals surface area contributed by atoms with Crippen molar-refractivity contribution in [3.05, 3.63) is 0 Å². The fraction of sp³-hybridized carbons (Fsp3) is 0.750. The molecule has 0 aliphatic carbocycles. The largest absolute Gasteiger partial charge is 0.450 e. The minimum absolute atomic E-state index is 0.180. The molecule has 0 bridgehead atoms. The van der Waals surface area contributed by atoms with Gasteiger partial charge in [0.05, 0.1) is 13.2 Å². The van der Waals surface area contributed by atoms with Crippen LogP contribution in [0.4, 0.5) is 9.59 Å². The van der Waals surface area contributed by atoms with Gasteiger partial charge in [-0.25, -0.2) is 9.59 Å². The van der Waals surface area contributed by atoms with Crippen LogP contribution < -0.4 is 10.6 Å². The van der Waals surface area contributed by atoms with Gasteiger partial charge >= 0.3 is 12.2 Å². The Hall–Kier alpha value is -2.42. The SMILES string of the molecule is CCCCCCNC(=O)OCC.CCCCCCNC(=O)OCC.OCC#CC#CCO. The standard InChI is InChI=1S/2C9H19NO2.C6H6O2/c2*1-3-5-6-7-8-10-9(11)12-4-2;7-5-3-1-2-4-6-8/h2*3-8H2,1-2H3,(H,10,11);7-8H,5-6H2. The molecule has 0 unspecified atom stereocenters. The highest BCUT2D eigenvalue weighted by Crippen LogP contribution is 1.97. The fourth-order valence-electron chi connectivity index (χ4n) is 2.02. The Morgan fingerprint density at radius 2 is 1.03 bits per heavy atom. The lowest BCUT2D eigenvalue weighted by Gasteiger charge is -2.03. The van der Waals surface area contributed by atoms with Crippen LogP contribution in [0.5, 0.6) is 0 Å². The van der Waals surface area contributed by atoms with Gasteiger partial charge in [0.15, 0.2) is 0 Å². The van der Waals surface area contributed by atoms with Crippen molar-refractivity contribution in [2.45, 2.75) is 79.1 Å². The molecule has 0 aromatic rings. The zero-order chi connectivity index (χ0) is 24.7. The van der Waals surface area contributed by atoms with Crippen molar-refractivity contribution < 1.29 is 29.3 Å². The fourth-order valence-corrected chi connectivity index (χ4v) is 2.02. The number of alkyl carbamates (subject to hydrolysis) is 2. The first-order chi connectivity index (χ1) is 15.5. The molecule has 32 heavy (non-hydrogen) atoms. The first-order valence-electron chi connectivity index (χ1n) is 11.5. The summed E-state index contributed by atoms with van der Waals surface area (Å²) < 4.78 is 9.40. The Morgan fingerprint density at radius 1 is 0.656 bits per heavy atom. The summed E-state index contributed by atoms with van der Waals surface area (Å²) >= 11 is 0. The van der Waals surface area contributed by atoms with Crippen molar-refractivity contribution in [1.29, 1.82) is 0 Å². The van der Waals surface area contributed by atoms with E-state index in [1.807, 2.05) is 0 Å². The van der Waals surface area contributed by atoms with E-state index in [0.29, 0.717) is 13.2 Å². The number of aliphatic hydroxyl groups is 2. The first kappa shape index (κ1) is 34.2. The molecule has 0 spiro atoms. The van der Waals surface area contributed by atoms with Crippen LogP contribution in [-0.4, -0.2) is 61.9 Å². The summed E-state index contributed by atoms with van der Waals surface area (Å²) in [5, 5.41) is 21.5. The molecular formula is C24H44N2O6. The second kappa shape index (κ2) is 33.2. The summed E-state index contributed by atoms with van der Waals surface area (Å²) in [6.07, 6.45) is 8.79. The van der Waals surface area contributed by atoms with E-state index >= 15 is 0 Å². The normalized spacial score (nSPS) is 8.56. The summed E-state index contributed by atoms with van der Waals surface area (Å²) in [6, 6.07) is 0. The van der Waals surface area contributed by atoms with E-state index in [2.05, 4.69) is 48.2 Å². The van der Waals surface area contributed by atoms with Gasteiger partial charge in [-0.3, -0.25) is 0 Å². The lowest BCUT2D eigenvalue weighted by molar-refractivity contribution is 0.151. The molecule has 0 fully saturated rings. The van der Waals surface area contributed by atoms with Crippen LogP contribution in [0.2, 0.25) is 0 Å². The zero-order valence-electron chi connectivity index (χ0n) is 20.4. The van der Waals surface area contributed by atoms with E-state index in [1.54, 1.807) is 13.8 Å². The lowest BCUT2D eigenvalue weighted by atomic mass is 10.2. The van der Waals surface area contributed by atoms with E-state index in [-0.39, 0.29) is 25.4 Å². The van der Waals surface area contributed by atoms with Crippen LogP contribution in [-0.2, 0) is 9.47 Å². The molecular weight excluding hydrogens is 412 g/mol. The van der Waals surface area contributed by atoms with Gasteiger partial charge in [0, 0.05) is 13.1 Å². The Balaban J connectivity index is -0.000000404. The molecule has 4 N–H and O–H groups in total. The number of hydrogen-bond donors (Lipinski definition) is 4. The lowest BCUT2D eigenvalue weighted by Crippen LogP contribution is -2.25. The third-order valence-electron chi connectivity index (χ3n) is 3.55. The minimum Gasteiger partial charge on any atom is -0.450 e. The van der Waals surface area contributed by atoms with E-state index in [1.165, 1.54) is 38.5 Å². The molecule has 0 rings (SSSR count). The molecule has 186 valence electrons. The minimum atomic E-state index is -0.297. The van der Waals surface area contributed by atoms with E-state index in [0.717, 1.165) is 25.9 Å². The number of carbonyl (C=O) groups excluding carboxylic acids is 2. The van der Waals surface area contributed by atoms with Gasteiger partial charge in [0.2, 0.25) is 0 Å². The summed E-state index contributed by atoms with van der Waals surface area (Å²) in [7, 11) is 0. The highest BCUT2D eigenvalue weighted by Gasteiger charge is 1.97. The number of unbranched alkanes of at least 4 members (excludes halogenated alkanes) is 6. The summed E-state index contributed by atoms with van der Waals surface area (Å²) in [6.45, 7) is 9.93. The monoisotopic (exact) mass is 456 g/mol. The van der Waals surface area contributed by atoms with Crippen molar-refractivity contribution in [2.75, 3.05) is 39.5 Å². The van der Waals surface area contributed by atoms with Crippen LogP contribution in [0.3, 0.4) is 0 Å². The van der Waals surface area contributed by atoms with E-state index < -0.39 is 0 Å². The number of aliphatic hydroxyl groups excluding tert-OH is 2. The maximum absolute atomic E-state index is 10.7. The van der Waals surface area contributed by atoms with Crippen LogP contribution in [0.25, 0.3) is 0 Å². The molecule has 0 aromatic heterocycles. The van der Waals surface area contributed by atoms with Crippen molar-refractivity contribution in [3.63, 3.8) is 0 Å². The average Bonchev–Trinajstić information content (AvgIpc) is 2.78. The number of amides is 2. The van der Waals surface area contributed by atoms with E-state index in [4.69, 9.17) is 19.7 Å². The van der Waals surface area contributed by atoms with Gasteiger partial charge in [-0.05, 0) is 38.5 Å². The first-order valence-corrected chi connectivity index (χ1v) is 11.5. The molecule has 0 radical (unpaired) electrons. The highest BCUT2D eigenvalue weighted by molar-refractivity contribution is 5.67. The second-order valence-corrected chi connectivity index (χ2v) is 6.34. The van der Waals surface area contributed by atoms with Gasteiger partial charge < -0.3 is 30.3 Å². The molecule has 0 aromatic carbocycles. The van der Waals surface area contributed by atoms with Gasteiger partial charge in [-0.15, -0.1) is 0 Å². The number of hydrogen-bond acceptors (Lipinski definition) is 6. The quantitative estimate of drug-likeness (QED) is 0.263. The van der Waals surface area contributed by atoms with Crippen LogP contribution in [0, 0.1) is 23.7 Å². The second-order valence-electron chi connectivity index (χ2n) is 6.34. The van der Waals surface area contributed by atoms with Crippen LogP contribution in [0.15, 0.2) is 0 Å². The predicted molar refractivity (Wildman–Crippen MR) is 128 cm³/mol. The zero-order valence-corrected chi connectivity index (χ0v) is 20.4. The molecule has 0 aliphatic heterocycles. The number of ether oxygens (including phenoxy) is 2. The Labute approximate surface area is 194 Å². The van der Waals surface area contributed by atoms with E-state index in [9.17, 15) is 9.59 Å². The number of rotatable bonds is 12. The van der Waals surface area contributed by atoms with Gasteiger partial charge in [0.1, 0.15) is 13.2 Å². The third kappa shape index (κ3) is 38.2. The summed E-state index contributed by atoms with van der Waals surface area (Å²) in [5.41, 5.74) is 0. The van der Waals surface area contributed by atoms with Gasteiger partial charge in [-0.2, -0.15) is 0 Å². The van der Waals surface area contributed by atoms with Crippen molar-refractivity contribution in [2.24, 2.45) is 0 Å². The highest BCUT2D eigenvalue weighted by atomic mass is 16.6. The van der Waals surface area contributed by atoms with Crippen LogP contribution in [0.1, 0.15) is 79.1 Å². The average molecular weight is 457 g/mol. The molecule has 8 nitrogen and oxygen atoms in total. The molecule has 2 amide bonds. The Kier molecular flexibility index (Phi) is 35.5. The molecule has 0 saturated heterocycles. The number of carbonyl (C=O) groups is 2. The van der Waals surface area contributed by atoms with Gasteiger partial charge in [-0.1, -0.05) is 64.2 Å². The Morgan fingerprint density at radius 3 is 1.31 bits per heavy atom. The predicted octanol–water partition coefficient (Wildman–Crippen LogP) is 3.60. The van der Waals surface area contributed by atoms with Crippen molar-refractivity contribution >= 4 is 12.2 Å². The maximum Gasteiger partial charge on any atom is 0.407 e. The topological polar surface area (TPSA) is 117 Å². The number of nitrogens with one attached hydrogen (secondary N) is 2. The van der Waals surface area contributed by atoms with Crippen molar-refractivity contribution in [3.8, 4) is 23.7 Å². The molecule has 8 heteroatoms. The van der Waals surface area contributed by atoms with Gasteiger partial charge in [0.25, 0.3) is 0 Å². The molecule has 0 heterocycles. The maximum atomic E-state index is 10.7. The molecule has 0 atom stereocenters. The van der Waals surface area contributed by atoms with Crippen LogP contribution >= 0.6 is 0 Å².